The lowest BCUT2D eigenvalue weighted by atomic mass is 10.2. The molecule has 0 unspecified atom stereocenters. The largest absolute Gasteiger partial charge is 0.417 e. The zero-order valence-electron chi connectivity index (χ0n) is 15.8. The van der Waals surface area contributed by atoms with Crippen LogP contribution in [-0.4, -0.2) is 41.2 Å². The number of amides is 2. The van der Waals surface area contributed by atoms with Gasteiger partial charge in [-0.1, -0.05) is 11.6 Å². The van der Waals surface area contributed by atoms with Crippen LogP contribution in [0.5, 0.6) is 0 Å². The van der Waals surface area contributed by atoms with E-state index in [1.165, 1.54) is 6.07 Å². The molecule has 30 heavy (non-hydrogen) atoms. The number of carbonyl (C=O) groups is 1. The molecule has 0 bridgehead atoms. The number of anilines is 3. The Bertz CT molecular complexity index is 937. The Balaban J connectivity index is 1.33. The Morgan fingerprint density at radius 1 is 1.17 bits per heavy atom. The summed E-state index contributed by atoms with van der Waals surface area (Å²) >= 11 is 5.60. The van der Waals surface area contributed by atoms with E-state index in [2.05, 4.69) is 25.9 Å². The molecular formula is C19H20ClF3N6O. The molecule has 1 aromatic heterocycles. The van der Waals surface area contributed by atoms with Crippen molar-refractivity contribution >= 4 is 35.1 Å². The van der Waals surface area contributed by atoms with Crippen molar-refractivity contribution in [1.82, 2.24) is 15.3 Å². The van der Waals surface area contributed by atoms with Crippen molar-refractivity contribution in [3.63, 3.8) is 0 Å². The summed E-state index contributed by atoms with van der Waals surface area (Å²) < 4.78 is 38.9. The van der Waals surface area contributed by atoms with Crippen LogP contribution in [0.4, 0.5) is 35.4 Å². The van der Waals surface area contributed by atoms with E-state index < -0.39 is 22.8 Å². The molecule has 3 N–H and O–H groups in total. The normalized spacial score (nSPS) is 18.9. The van der Waals surface area contributed by atoms with Crippen LogP contribution in [-0.2, 0) is 6.18 Å². The smallest absolute Gasteiger partial charge is 0.354 e. The minimum atomic E-state index is -4.60. The summed E-state index contributed by atoms with van der Waals surface area (Å²) in [6, 6.07) is 4.78. The van der Waals surface area contributed by atoms with Crippen LogP contribution in [0, 0.1) is 0 Å². The number of benzene rings is 1. The summed E-state index contributed by atoms with van der Waals surface area (Å²) in [7, 11) is 0. The number of carbonyl (C=O) groups excluding carboxylic acids is 1. The van der Waals surface area contributed by atoms with Gasteiger partial charge >= 0.3 is 12.2 Å². The Labute approximate surface area is 176 Å². The highest BCUT2D eigenvalue weighted by Crippen LogP contribution is 2.36. The summed E-state index contributed by atoms with van der Waals surface area (Å²) in [6.45, 7) is 1.24. The van der Waals surface area contributed by atoms with E-state index in [0.717, 1.165) is 30.8 Å². The number of hydrogen-bond donors (Lipinski definition) is 3. The van der Waals surface area contributed by atoms with Gasteiger partial charge < -0.3 is 20.9 Å². The number of hydrogen-bond acceptors (Lipinski definition) is 5. The molecule has 160 valence electrons. The summed E-state index contributed by atoms with van der Waals surface area (Å²) in [5, 5.41) is 8.06. The van der Waals surface area contributed by atoms with E-state index in [9.17, 15) is 18.0 Å². The SMILES string of the molecule is O=C(Nc1ccc(Cl)c(C(F)(F)F)c1)N[C@H]1CCN(c2ccnc(NC3CC3)n2)C1. The van der Waals surface area contributed by atoms with Crippen LogP contribution >= 0.6 is 11.6 Å². The fourth-order valence-electron chi connectivity index (χ4n) is 3.26. The van der Waals surface area contributed by atoms with Crippen LogP contribution in [0.1, 0.15) is 24.8 Å². The van der Waals surface area contributed by atoms with E-state index in [1.54, 1.807) is 6.20 Å². The molecule has 11 heteroatoms. The molecule has 1 aliphatic heterocycles. The monoisotopic (exact) mass is 440 g/mol. The first-order chi connectivity index (χ1) is 14.3. The van der Waals surface area contributed by atoms with Gasteiger partial charge in [0.2, 0.25) is 5.95 Å². The average Bonchev–Trinajstić information content (AvgIpc) is 3.37. The molecule has 2 aliphatic rings. The Morgan fingerprint density at radius 3 is 2.70 bits per heavy atom. The molecule has 7 nitrogen and oxygen atoms in total. The van der Waals surface area contributed by atoms with Crippen LogP contribution < -0.4 is 20.9 Å². The molecular weight excluding hydrogens is 421 g/mol. The number of nitrogens with zero attached hydrogens (tertiary/aromatic N) is 3. The van der Waals surface area contributed by atoms with E-state index in [1.807, 2.05) is 11.0 Å². The summed E-state index contributed by atoms with van der Waals surface area (Å²) in [4.78, 5) is 23.0. The lowest BCUT2D eigenvalue weighted by molar-refractivity contribution is -0.137. The zero-order chi connectivity index (χ0) is 21.3. The predicted octanol–water partition coefficient (Wildman–Crippen LogP) is 4.12. The maximum absolute atomic E-state index is 13.0. The molecule has 2 amide bonds. The third-order valence-corrected chi connectivity index (χ3v) is 5.26. The first-order valence-electron chi connectivity index (χ1n) is 9.57. The van der Waals surface area contributed by atoms with Gasteiger partial charge in [0.15, 0.2) is 0 Å². The van der Waals surface area contributed by atoms with Crippen molar-refractivity contribution in [2.24, 2.45) is 0 Å². The highest BCUT2D eigenvalue weighted by Gasteiger charge is 2.33. The van der Waals surface area contributed by atoms with E-state index in [0.29, 0.717) is 31.5 Å². The number of nitrogens with one attached hydrogen (secondary N) is 3. The van der Waals surface area contributed by atoms with Gasteiger partial charge in [0.1, 0.15) is 5.82 Å². The van der Waals surface area contributed by atoms with Crippen LogP contribution in [0.2, 0.25) is 5.02 Å². The van der Waals surface area contributed by atoms with Gasteiger partial charge in [0.25, 0.3) is 0 Å². The molecule has 0 radical (unpaired) electrons. The Kier molecular flexibility index (Phi) is 5.59. The standard InChI is InChI=1S/C19H20ClF3N6O/c20-15-4-3-12(9-14(15)19(21,22)23)26-18(30)27-13-6-8-29(10-13)16-5-7-24-17(28-16)25-11-1-2-11/h3-5,7,9,11,13H,1-2,6,8,10H2,(H,24,25,28)(H2,26,27,30)/t13-/m0/s1. The molecule has 2 heterocycles. The van der Waals surface area contributed by atoms with Gasteiger partial charge in [-0.2, -0.15) is 18.2 Å². The van der Waals surface area contributed by atoms with Gasteiger partial charge in [0, 0.05) is 37.1 Å². The number of rotatable bonds is 5. The van der Waals surface area contributed by atoms with Crippen molar-refractivity contribution < 1.29 is 18.0 Å². The van der Waals surface area contributed by atoms with E-state index in [-0.39, 0.29) is 11.7 Å². The third kappa shape index (κ3) is 5.05. The summed E-state index contributed by atoms with van der Waals surface area (Å²) in [5.74, 6) is 1.36. The number of halogens is 4. The van der Waals surface area contributed by atoms with Gasteiger partial charge in [-0.25, -0.2) is 9.78 Å². The maximum Gasteiger partial charge on any atom is 0.417 e. The van der Waals surface area contributed by atoms with E-state index in [4.69, 9.17) is 11.6 Å². The molecule has 2 fully saturated rings. The predicted molar refractivity (Wildman–Crippen MR) is 108 cm³/mol. The van der Waals surface area contributed by atoms with Gasteiger partial charge in [0.05, 0.1) is 10.6 Å². The quantitative estimate of drug-likeness (QED) is 0.651. The Morgan fingerprint density at radius 2 is 1.97 bits per heavy atom. The topological polar surface area (TPSA) is 82.2 Å². The fourth-order valence-corrected chi connectivity index (χ4v) is 3.49. The minimum absolute atomic E-state index is 0.0191. The second kappa shape index (κ2) is 8.17. The fraction of sp³-hybridized carbons (Fsp3) is 0.421. The molecule has 1 atom stereocenters. The van der Waals surface area contributed by atoms with Gasteiger partial charge in [-0.3, -0.25) is 0 Å². The van der Waals surface area contributed by atoms with Crippen LogP contribution in [0.3, 0.4) is 0 Å². The summed E-state index contributed by atoms with van der Waals surface area (Å²) in [5.41, 5.74) is -0.973. The molecule has 1 saturated carbocycles. The van der Waals surface area contributed by atoms with Crippen LogP contribution in [0.25, 0.3) is 0 Å². The first-order valence-corrected chi connectivity index (χ1v) is 9.94. The minimum Gasteiger partial charge on any atom is -0.354 e. The summed E-state index contributed by atoms with van der Waals surface area (Å²) in [6.07, 6.45) is 0.0332. The van der Waals surface area contributed by atoms with Gasteiger partial charge in [-0.15, -0.1) is 0 Å². The van der Waals surface area contributed by atoms with E-state index >= 15 is 0 Å². The second-order valence-electron chi connectivity index (χ2n) is 7.38. The van der Waals surface area contributed by atoms with Crippen LogP contribution in [0.15, 0.2) is 30.5 Å². The molecule has 1 saturated heterocycles. The molecule has 1 aromatic carbocycles. The lowest BCUT2D eigenvalue weighted by Gasteiger charge is -2.19. The Hall–Kier alpha value is -2.75. The second-order valence-corrected chi connectivity index (χ2v) is 7.79. The highest BCUT2D eigenvalue weighted by molar-refractivity contribution is 6.31. The van der Waals surface area contributed by atoms with Gasteiger partial charge in [-0.05, 0) is 43.5 Å². The lowest BCUT2D eigenvalue weighted by Crippen LogP contribution is -2.39. The molecule has 0 spiro atoms. The van der Waals surface area contributed by atoms with Crippen molar-refractivity contribution in [1.29, 1.82) is 0 Å². The number of aromatic nitrogens is 2. The number of urea groups is 1. The highest BCUT2D eigenvalue weighted by atomic mass is 35.5. The maximum atomic E-state index is 13.0. The third-order valence-electron chi connectivity index (χ3n) is 4.93. The first kappa shape index (κ1) is 20.5. The van der Waals surface area contributed by atoms with Crippen molar-refractivity contribution in [3.05, 3.63) is 41.0 Å². The molecule has 2 aromatic rings. The number of alkyl halides is 3. The van der Waals surface area contributed by atoms with Crippen molar-refractivity contribution in [2.45, 2.75) is 37.5 Å². The van der Waals surface area contributed by atoms with Crippen molar-refractivity contribution in [3.8, 4) is 0 Å². The average molecular weight is 441 g/mol. The van der Waals surface area contributed by atoms with Crippen molar-refractivity contribution in [2.75, 3.05) is 28.6 Å². The zero-order valence-corrected chi connectivity index (χ0v) is 16.6. The molecule has 4 rings (SSSR count). The molecule has 1 aliphatic carbocycles.